The lowest BCUT2D eigenvalue weighted by Gasteiger charge is -2.10. The minimum absolute atomic E-state index is 0.0270. The van der Waals surface area contributed by atoms with Gasteiger partial charge in [-0.1, -0.05) is 42.5 Å². The number of hydrogen-bond acceptors (Lipinski definition) is 4. The highest BCUT2D eigenvalue weighted by Gasteiger charge is 2.15. The predicted molar refractivity (Wildman–Crippen MR) is 94.8 cm³/mol. The third-order valence-electron chi connectivity index (χ3n) is 3.65. The number of nitrogens with one attached hydrogen (secondary N) is 1. The van der Waals surface area contributed by atoms with Crippen LogP contribution in [-0.2, 0) is 0 Å². The molecule has 0 saturated carbocycles. The zero-order valence-electron chi connectivity index (χ0n) is 13.1. The van der Waals surface area contributed by atoms with E-state index in [-0.39, 0.29) is 10.6 Å². The summed E-state index contributed by atoms with van der Waals surface area (Å²) in [6.45, 7) is 0. The molecule has 0 aliphatic rings. The number of hydrogen-bond donors (Lipinski definition) is 1. The van der Waals surface area contributed by atoms with Gasteiger partial charge in [0.05, 0.1) is 12.0 Å². The molecule has 3 aromatic rings. The van der Waals surface area contributed by atoms with Crippen molar-refractivity contribution in [3.63, 3.8) is 0 Å². The van der Waals surface area contributed by atoms with Gasteiger partial charge in [0.25, 0.3) is 5.69 Å². The third kappa shape index (κ3) is 3.35. The van der Waals surface area contributed by atoms with E-state index in [1.165, 1.54) is 0 Å². The van der Waals surface area contributed by atoms with Crippen molar-refractivity contribution in [1.29, 1.82) is 0 Å². The first-order valence-corrected chi connectivity index (χ1v) is 7.42. The van der Waals surface area contributed by atoms with E-state index in [4.69, 9.17) is 4.74 Å². The van der Waals surface area contributed by atoms with Crippen LogP contribution in [0.2, 0.25) is 0 Å². The van der Waals surface area contributed by atoms with Crippen molar-refractivity contribution in [1.82, 2.24) is 0 Å². The molecule has 0 atom stereocenters. The van der Waals surface area contributed by atoms with E-state index in [1.807, 2.05) is 54.6 Å². The van der Waals surface area contributed by atoms with Crippen molar-refractivity contribution in [2.24, 2.45) is 0 Å². The van der Waals surface area contributed by atoms with E-state index in [9.17, 15) is 10.1 Å². The smallest absolute Gasteiger partial charge is 0.293 e. The number of nitrogens with zero attached hydrogens (tertiary/aromatic N) is 1. The minimum Gasteiger partial charge on any atom is -0.497 e. The lowest BCUT2D eigenvalue weighted by molar-refractivity contribution is -0.383. The van der Waals surface area contributed by atoms with Crippen LogP contribution >= 0.6 is 0 Å². The van der Waals surface area contributed by atoms with Crippen LogP contribution in [0.4, 0.5) is 17.1 Å². The van der Waals surface area contributed by atoms with Gasteiger partial charge in [-0.3, -0.25) is 10.1 Å². The summed E-state index contributed by atoms with van der Waals surface area (Å²) in [5.74, 6) is 0.684. The van der Waals surface area contributed by atoms with Crippen molar-refractivity contribution in [3.05, 3.63) is 82.9 Å². The summed E-state index contributed by atoms with van der Waals surface area (Å²) >= 11 is 0. The van der Waals surface area contributed by atoms with Crippen LogP contribution in [0.3, 0.4) is 0 Å². The Kier molecular flexibility index (Phi) is 4.43. The number of ether oxygens (including phenoxy) is 1. The Morgan fingerprint density at radius 3 is 2.42 bits per heavy atom. The van der Waals surface area contributed by atoms with Crippen molar-refractivity contribution >= 4 is 17.1 Å². The fourth-order valence-corrected chi connectivity index (χ4v) is 2.45. The van der Waals surface area contributed by atoms with Crippen LogP contribution in [0.1, 0.15) is 0 Å². The molecule has 24 heavy (non-hydrogen) atoms. The van der Waals surface area contributed by atoms with Gasteiger partial charge in [-0.05, 0) is 29.3 Å². The molecule has 3 aromatic carbocycles. The molecule has 3 rings (SSSR count). The molecule has 120 valence electrons. The molecule has 0 bridgehead atoms. The summed E-state index contributed by atoms with van der Waals surface area (Å²) in [5.41, 5.74) is 2.93. The topological polar surface area (TPSA) is 64.4 Å². The number of rotatable bonds is 5. The lowest BCUT2D eigenvalue weighted by atomic mass is 10.0. The molecule has 0 radical (unpaired) electrons. The summed E-state index contributed by atoms with van der Waals surface area (Å²) in [5, 5.41) is 14.5. The van der Waals surface area contributed by atoms with Gasteiger partial charge < -0.3 is 10.1 Å². The Morgan fingerprint density at radius 1 is 0.917 bits per heavy atom. The van der Waals surface area contributed by atoms with Crippen LogP contribution in [0, 0.1) is 10.1 Å². The maximum Gasteiger partial charge on any atom is 0.293 e. The molecular formula is C19H16N2O3. The summed E-state index contributed by atoms with van der Waals surface area (Å²) < 4.78 is 5.17. The van der Waals surface area contributed by atoms with Crippen LogP contribution in [-0.4, -0.2) is 12.0 Å². The first-order chi connectivity index (χ1) is 11.7. The van der Waals surface area contributed by atoms with Crippen LogP contribution < -0.4 is 10.1 Å². The molecule has 5 nitrogen and oxygen atoms in total. The van der Waals surface area contributed by atoms with Crippen LogP contribution in [0.25, 0.3) is 11.1 Å². The summed E-state index contributed by atoms with van der Waals surface area (Å²) in [6.07, 6.45) is 0. The van der Waals surface area contributed by atoms with Gasteiger partial charge in [-0.2, -0.15) is 0 Å². The molecule has 0 saturated heterocycles. The SMILES string of the molecule is COc1cccc(Nc2ccc(-c3ccccc3)cc2[N+](=O)[O-])c1. The summed E-state index contributed by atoms with van der Waals surface area (Å²) in [7, 11) is 1.58. The quantitative estimate of drug-likeness (QED) is 0.530. The molecular weight excluding hydrogens is 304 g/mol. The Hall–Kier alpha value is -3.34. The zero-order chi connectivity index (χ0) is 16.9. The number of nitro benzene ring substituents is 1. The number of methoxy groups -OCH3 is 1. The second-order valence-electron chi connectivity index (χ2n) is 5.21. The van der Waals surface area contributed by atoms with Gasteiger partial charge >= 0.3 is 0 Å². The van der Waals surface area contributed by atoms with E-state index in [1.54, 1.807) is 25.3 Å². The predicted octanol–water partition coefficient (Wildman–Crippen LogP) is 5.01. The molecule has 0 amide bonds. The number of benzene rings is 3. The molecule has 0 fully saturated rings. The molecule has 0 spiro atoms. The minimum atomic E-state index is -0.380. The van der Waals surface area contributed by atoms with E-state index in [2.05, 4.69) is 5.32 Å². The van der Waals surface area contributed by atoms with Gasteiger partial charge in [0.2, 0.25) is 0 Å². The Bertz CT molecular complexity index is 863. The Morgan fingerprint density at radius 2 is 1.71 bits per heavy atom. The highest BCUT2D eigenvalue weighted by molar-refractivity contribution is 5.76. The summed E-state index contributed by atoms with van der Waals surface area (Å²) in [4.78, 5) is 11.1. The van der Waals surface area contributed by atoms with Crippen LogP contribution in [0.15, 0.2) is 72.8 Å². The zero-order valence-corrected chi connectivity index (χ0v) is 13.1. The Labute approximate surface area is 139 Å². The van der Waals surface area contributed by atoms with Crippen molar-refractivity contribution < 1.29 is 9.66 Å². The molecule has 0 aromatic heterocycles. The average molecular weight is 320 g/mol. The largest absolute Gasteiger partial charge is 0.497 e. The van der Waals surface area contributed by atoms with E-state index in [0.29, 0.717) is 11.4 Å². The molecule has 1 N–H and O–H groups in total. The highest BCUT2D eigenvalue weighted by Crippen LogP contribution is 2.33. The normalized spacial score (nSPS) is 10.2. The molecule has 5 heteroatoms. The molecule has 0 unspecified atom stereocenters. The maximum absolute atomic E-state index is 11.5. The second-order valence-corrected chi connectivity index (χ2v) is 5.21. The van der Waals surface area contributed by atoms with Crippen molar-refractivity contribution in [3.8, 4) is 16.9 Å². The average Bonchev–Trinajstić information content (AvgIpc) is 2.63. The third-order valence-corrected chi connectivity index (χ3v) is 3.65. The summed E-state index contributed by atoms with van der Waals surface area (Å²) in [6, 6.07) is 22.0. The van der Waals surface area contributed by atoms with Gasteiger partial charge in [0.15, 0.2) is 0 Å². The Balaban J connectivity index is 1.97. The maximum atomic E-state index is 11.5. The van der Waals surface area contributed by atoms with E-state index < -0.39 is 0 Å². The molecule has 0 aliphatic carbocycles. The van der Waals surface area contributed by atoms with E-state index >= 15 is 0 Å². The highest BCUT2D eigenvalue weighted by atomic mass is 16.6. The van der Waals surface area contributed by atoms with Gasteiger partial charge in [0.1, 0.15) is 11.4 Å². The van der Waals surface area contributed by atoms with Crippen molar-refractivity contribution in [2.45, 2.75) is 0 Å². The molecule has 0 aliphatic heterocycles. The fourth-order valence-electron chi connectivity index (χ4n) is 2.45. The van der Waals surface area contributed by atoms with Gasteiger partial charge in [0, 0.05) is 17.8 Å². The van der Waals surface area contributed by atoms with Crippen molar-refractivity contribution in [2.75, 3.05) is 12.4 Å². The number of nitro groups is 1. The first-order valence-electron chi connectivity index (χ1n) is 7.42. The fraction of sp³-hybridized carbons (Fsp3) is 0.0526. The first kappa shape index (κ1) is 15.6. The van der Waals surface area contributed by atoms with E-state index in [0.717, 1.165) is 16.8 Å². The second kappa shape index (κ2) is 6.83. The monoisotopic (exact) mass is 320 g/mol. The lowest BCUT2D eigenvalue weighted by Crippen LogP contribution is -1.98. The van der Waals surface area contributed by atoms with Gasteiger partial charge in [-0.25, -0.2) is 0 Å². The van der Waals surface area contributed by atoms with Gasteiger partial charge in [-0.15, -0.1) is 0 Å². The standard InChI is InChI=1S/C19H16N2O3/c1-24-17-9-5-8-16(13-17)20-18-11-10-15(12-19(18)21(22)23)14-6-3-2-4-7-14/h2-13,20H,1H3. The van der Waals surface area contributed by atoms with Crippen LogP contribution in [0.5, 0.6) is 5.75 Å². The number of anilines is 2. The molecule has 0 heterocycles.